The van der Waals surface area contributed by atoms with Gasteiger partial charge in [0.15, 0.2) is 0 Å². The van der Waals surface area contributed by atoms with Crippen molar-refractivity contribution in [1.82, 2.24) is 0 Å². The normalized spacial score (nSPS) is 19.6. The molecule has 4 aromatic rings. The van der Waals surface area contributed by atoms with Crippen molar-refractivity contribution in [3.8, 4) is 22.3 Å². The summed E-state index contributed by atoms with van der Waals surface area (Å²) in [7, 11) is -3.59. The topological polar surface area (TPSA) is 0 Å². The van der Waals surface area contributed by atoms with E-state index >= 15 is 0 Å². The molecular formula is C36H40Si2. The van der Waals surface area contributed by atoms with Crippen molar-refractivity contribution >= 4 is 47.7 Å². The molecule has 38 heavy (non-hydrogen) atoms. The molecule has 0 aliphatic carbocycles. The van der Waals surface area contributed by atoms with E-state index in [1.165, 1.54) is 49.9 Å². The van der Waals surface area contributed by atoms with Crippen molar-refractivity contribution in [1.29, 1.82) is 0 Å². The van der Waals surface area contributed by atoms with Gasteiger partial charge in [-0.3, -0.25) is 0 Å². The van der Waals surface area contributed by atoms with Crippen molar-refractivity contribution in [2.45, 2.75) is 89.4 Å². The van der Waals surface area contributed by atoms with Crippen LogP contribution in [-0.2, 0) is 0 Å². The monoisotopic (exact) mass is 528 g/mol. The van der Waals surface area contributed by atoms with E-state index in [0.29, 0.717) is 11.8 Å². The number of hydrogen-bond acceptors (Lipinski definition) is 0. The smallest absolute Gasteiger partial charge is 0.0616 e. The van der Waals surface area contributed by atoms with Crippen LogP contribution >= 0.6 is 0 Å². The Bertz CT molecular complexity index is 1510. The van der Waals surface area contributed by atoms with E-state index in [1.54, 1.807) is 44.2 Å². The van der Waals surface area contributed by atoms with Crippen LogP contribution in [0.1, 0.15) is 76.3 Å². The summed E-state index contributed by atoms with van der Waals surface area (Å²) in [6, 6.07) is 30.9. The van der Waals surface area contributed by atoms with Gasteiger partial charge in [0.05, 0.1) is 0 Å². The zero-order valence-corrected chi connectivity index (χ0v) is 25.6. The first-order chi connectivity index (χ1) is 18.5. The van der Waals surface area contributed by atoms with Crippen molar-refractivity contribution in [3.05, 3.63) is 71.8 Å². The Morgan fingerprint density at radius 2 is 0.921 bits per heavy atom. The quantitative estimate of drug-likeness (QED) is 0.233. The fourth-order valence-corrected chi connectivity index (χ4v) is 22.3. The first-order valence-electron chi connectivity index (χ1n) is 15.4. The van der Waals surface area contributed by atoms with Gasteiger partial charge in [-0.1, -0.05) is 114 Å². The maximum Gasteiger partial charge on any atom is 0.119 e. The van der Waals surface area contributed by atoms with Crippen LogP contribution in [0, 0.1) is 0 Å². The zero-order valence-electron chi connectivity index (χ0n) is 23.6. The van der Waals surface area contributed by atoms with Gasteiger partial charge in [0.25, 0.3) is 0 Å². The fraction of sp³-hybridized carbons (Fsp3) is 0.389. The highest BCUT2D eigenvalue weighted by molar-refractivity contribution is 7.15. The van der Waals surface area contributed by atoms with Crippen molar-refractivity contribution in [2.75, 3.05) is 0 Å². The molecule has 4 heterocycles. The molecule has 2 fully saturated rings. The lowest BCUT2D eigenvalue weighted by Crippen LogP contribution is -2.66. The highest BCUT2D eigenvalue weighted by atomic mass is 28.3. The first kappa shape index (κ1) is 23.5. The molecule has 8 rings (SSSR count). The van der Waals surface area contributed by atoms with Gasteiger partial charge in [-0.2, -0.15) is 0 Å². The standard InChI is InChI=1S/C36H40Si2/c1-23(2)25-13-15-29-31(21-25)37(17-7-8-18-37)35-33(29)27-11-5-6-12-28(27)34-30-16-14-26(24(3)4)22-32(30)38(36(34)35)19-9-10-20-38/h5-6,11-16,21-24H,7-10,17-20H2,1-4H3. The van der Waals surface area contributed by atoms with Gasteiger partial charge >= 0.3 is 0 Å². The third-order valence-electron chi connectivity index (χ3n) is 11.1. The molecule has 4 aliphatic heterocycles. The van der Waals surface area contributed by atoms with E-state index in [1.807, 2.05) is 20.7 Å². The van der Waals surface area contributed by atoms with Gasteiger partial charge < -0.3 is 0 Å². The molecule has 0 bridgehead atoms. The van der Waals surface area contributed by atoms with Gasteiger partial charge in [0.1, 0.15) is 16.1 Å². The molecule has 0 amide bonds. The van der Waals surface area contributed by atoms with E-state index in [2.05, 4.69) is 88.4 Å². The van der Waals surface area contributed by atoms with Crippen LogP contribution in [0.4, 0.5) is 0 Å². The Morgan fingerprint density at radius 1 is 0.526 bits per heavy atom. The Labute approximate surface area is 230 Å². The minimum Gasteiger partial charge on any atom is -0.0616 e. The molecule has 192 valence electrons. The fourth-order valence-electron chi connectivity index (χ4n) is 9.29. The molecule has 0 unspecified atom stereocenters. The highest BCUT2D eigenvalue weighted by Crippen LogP contribution is 2.48. The largest absolute Gasteiger partial charge is 0.119 e. The van der Waals surface area contributed by atoms with Crippen LogP contribution in [0.2, 0.25) is 24.2 Å². The van der Waals surface area contributed by atoms with Gasteiger partial charge in [-0.25, -0.2) is 0 Å². The second-order valence-corrected chi connectivity index (χ2v) is 21.9. The summed E-state index contributed by atoms with van der Waals surface area (Å²) in [5.74, 6) is 1.18. The average molecular weight is 529 g/mol. The summed E-state index contributed by atoms with van der Waals surface area (Å²) in [5.41, 5.74) is 9.72. The first-order valence-corrected chi connectivity index (χ1v) is 20.2. The summed E-state index contributed by atoms with van der Waals surface area (Å²) in [6.45, 7) is 9.51. The second-order valence-electron chi connectivity index (χ2n) is 13.5. The number of benzene rings is 4. The van der Waals surface area contributed by atoms with Gasteiger partial charge in [-0.05, 0) is 101 Å². The lowest BCUT2D eigenvalue weighted by Gasteiger charge is -2.33. The Balaban J connectivity index is 1.56. The predicted molar refractivity (Wildman–Crippen MR) is 171 cm³/mol. The van der Waals surface area contributed by atoms with E-state index in [9.17, 15) is 0 Å². The van der Waals surface area contributed by atoms with E-state index in [0.717, 1.165) is 0 Å². The van der Waals surface area contributed by atoms with Crippen LogP contribution in [-0.4, -0.2) is 16.1 Å². The van der Waals surface area contributed by atoms with Crippen molar-refractivity contribution in [3.63, 3.8) is 0 Å². The Kier molecular flexibility index (Phi) is 4.97. The molecule has 2 saturated heterocycles. The molecule has 0 aromatic heterocycles. The number of fused-ring (bicyclic) bond motifs is 14. The molecule has 2 spiro atoms. The van der Waals surface area contributed by atoms with Gasteiger partial charge in [0.2, 0.25) is 0 Å². The second kappa shape index (κ2) is 8.05. The molecule has 4 aliphatic rings. The molecule has 0 N–H and O–H groups in total. The lowest BCUT2D eigenvalue weighted by atomic mass is 9.90. The van der Waals surface area contributed by atoms with E-state index in [4.69, 9.17) is 0 Å². The van der Waals surface area contributed by atoms with E-state index < -0.39 is 16.1 Å². The Morgan fingerprint density at radius 3 is 1.29 bits per heavy atom. The number of rotatable bonds is 2. The van der Waals surface area contributed by atoms with Crippen LogP contribution in [0.3, 0.4) is 0 Å². The van der Waals surface area contributed by atoms with Crippen LogP contribution in [0.5, 0.6) is 0 Å². The highest BCUT2D eigenvalue weighted by Gasteiger charge is 2.56. The molecule has 0 atom stereocenters. The van der Waals surface area contributed by atoms with Crippen LogP contribution in [0.15, 0.2) is 60.7 Å². The molecule has 0 nitrogen and oxygen atoms in total. The third kappa shape index (κ3) is 2.81. The lowest BCUT2D eigenvalue weighted by molar-refractivity contribution is 0.868. The van der Waals surface area contributed by atoms with Crippen molar-refractivity contribution in [2.24, 2.45) is 0 Å². The third-order valence-corrected chi connectivity index (χ3v) is 22.0. The average Bonchev–Trinajstić information content (AvgIpc) is 3.71. The summed E-state index contributed by atoms with van der Waals surface area (Å²) in [6.07, 6.45) is 5.71. The SMILES string of the molecule is CC(C)c1ccc2c(c1)[Si]1(CCCC1)c1c3c(c4ccccc4c1-2)-c1ccc(C(C)C)cc1[Si]31CCCC1. The Hall–Kier alpha value is -2.43. The summed E-state index contributed by atoms with van der Waals surface area (Å²) in [5, 5.41) is 10.6. The summed E-state index contributed by atoms with van der Waals surface area (Å²) >= 11 is 0. The molecule has 2 heteroatoms. The van der Waals surface area contributed by atoms with Crippen LogP contribution < -0.4 is 20.7 Å². The van der Waals surface area contributed by atoms with Gasteiger partial charge in [-0.15, -0.1) is 0 Å². The maximum absolute atomic E-state index is 2.71. The minimum absolute atomic E-state index is 0.591. The molecule has 0 saturated carbocycles. The van der Waals surface area contributed by atoms with E-state index in [-0.39, 0.29) is 0 Å². The molecule has 0 radical (unpaired) electrons. The van der Waals surface area contributed by atoms with Crippen molar-refractivity contribution < 1.29 is 0 Å². The summed E-state index contributed by atoms with van der Waals surface area (Å²) in [4.78, 5) is 0. The minimum atomic E-state index is -1.80. The molecular weight excluding hydrogens is 489 g/mol. The van der Waals surface area contributed by atoms with Gasteiger partial charge in [0, 0.05) is 0 Å². The molecule has 4 aromatic carbocycles. The zero-order chi connectivity index (χ0) is 25.8. The number of hydrogen-bond donors (Lipinski definition) is 0. The maximum atomic E-state index is 2.71. The summed E-state index contributed by atoms with van der Waals surface area (Å²) < 4.78 is 0. The predicted octanol–water partition coefficient (Wildman–Crippen LogP) is 7.76. The van der Waals surface area contributed by atoms with Crippen LogP contribution in [0.25, 0.3) is 33.0 Å².